The van der Waals surface area contributed by atoms with Gasteiger partial charge in [0, 0.05) is 27.6 Å². The number of aromatic nitrogens is 2. The van der Waals surface area contributed by atoms with Crippen molar-refractivity contribution < 1.29 is 19.1 Å². The second-order valence-corrected chi connectivity index (χ2v) is 9.61. The quantitative estimate of drug-likeness (QED) is 0.310. The lowest BCUT2D eigenvalue weighted by Gasteiger charge is -2.09. The molecule has 2 aromatic carbocycles. The fraction of sp³-hybridized carbons (Fsp3) is 0.160. The highest BCUT2D eigenvalue weighted by atomic mass is 79.9. The van der Waals surface area contributed by atoms with Crippen LogP contribution < -0.4 is 16.2 Å². The summed E-state index contributed by atoms with van der Waals surface area (Å²) in [5.74, 6) is -1.71. The number of hydrogen-bond donors (Lipinski definition) is 2. The third-order valence-electron chi connectivity index (χ3n) is 5.17. The van der Waals surface area contributed by atoms with Gasteiger partial charge >= 0.3 is 5.97 Å². The molecule has 2 N–H and O–H groups in total. The summed E-state index contributed by atoms with van der Waals surface area (Å²) in [5, 5.41) is 5.46. The first-order valence-electron chi connectivity index (χ1n) is 10.9. The predicted octanol–water partition coefficient (Wildman–Crippen LogP) is 4.76. The van der Waals surface area contributed by atoms with Gasteiger partial charge in [-0.05, 0) is 55.0 Å². The fourth-order valence-electron chi connectivity index (χ4n) is 3.48. The van der Waals surface area contributed by atoms with Crippen molar-refractivity contribution >= 4 is 61.4 Å². The molecule has 184 valence electrons. The molecule has 0 bridgehead atoms. The highest BCUT2D eigenvalue weighted by Gasteiger charge is 2.26. The monoisotopic (exact) mass is 568 g/mol. The Morgan fingerprint density at radius 1 is 1.00 bits per heavy atom. The average molecular weight is 569 g/mol. The maximum Gasteiger partial charge on any atom is 0.337 e. The van der Waals surface area contributed by atoms with E-state index in [2.05, 4.69) is 36.3 Å². The van der Waals surface area contributed by atoms with Gasteiger partial charge in [-0.15, -0.1) is 0 Å². The number of thiazole rings is 1. The van der Waals surface area contributed by atoms with E-state index < -0.39 is 23.3 Å². The Balaban J connectivity index is 1.74. The molecule has 2 heterocycles. The zero-order valence-electron chi connectivity index (χ0n) is 19.3. The normalized spacial score (nSPS) is 10.8. The number of carbonyl (C=O) groups excluding carboxylic acids is 3. The van der Waals surface area contributed by atoms with Gasteiger partial charge in [-0.25, -0.2) is 14.2 Å². The van der Waals surface area contributed by atoms with Gasteiger partial charge in [0.2, 0.25) is 0 Å². The Labute approximate surface area is 218 Å². The van der Waals surface area contributed by atoms with E-state index in [4.69, 9.17) is 0 Å². The molecule has 9 nitrogen and oxygen atoms in total. The van der Waals surface area contributed by atoms with Crippen LogP contribution in [0.15, 0.2) is 63.9 Å². The fourth-order valence-corrected chi connectivity index (χ4v) is 4.79. The number of aryl methyl sites for hydroxylation is 1. The van der Waals surface area contributed by atoms with Crippen molar-refractivity contribution in [3.8, 4) is 0 Å². The third-order valence-corrected chi connectivity index (χ3v) is 6.73. The Kier molecular flexibility index (Phi) is 7.61. The molecule has 0 saturated carbocycles. The van der Waals surface area contributed by atoms with Gasteiger partial charge in [0.15, 0.2) is 4.96 Å². The second kappa shape index (κ2) is 10.8. The number of benzene rings is 2. The van der Waals surface area contributed by atoms with Crippen LogP contribution in [0.2, 0.25) is 0 Å². The van der Waals surface area contributed by atoms with Crippen molar-refractivity contribution in [2.24, 2.45) is 0 Å². The van der Waals surface area contributed by atoms with Crippen molar-refractivity contribution in [2.45, 2.75) is 19.8 Å². The topological polar surface area (TPSA) is 119 Å². The minimum atomic E-state index is -0.623. The molecule has 0 aliphatic carbocycles. The minimum Gasteiger partial charge on any atom is -0.465 e. The van der Waals surface area contributed by atoms with Crippen LogP contribution in [0, 0.1) is 0 Å². The Morgan fingerprint density at radius 2 is 1.61 bits per heavy atom. The van der Waals surface area contributed by atoms with Gasteiger partial charge in [-0.2, -0.15) is 0 Å². The van der Waals surface area contributed by atoms with E-state index in [9.17, 15) is 19.2 Å². The molecule has 0 atom stereocenters. The molecule has 0 spiro atoms. The van der Waals surface area contributed by atoms with Crippen molar-refractivity contribution in [3.05, 3.63) is 91.3 Å². The number of amides is 2. The lowest BCUT2D eigenvalue weighted by molar-refractivity contribution is 0.0600. The third kappa shape index (κ3) is 5.37. The first-order valence-corrected chi connectivity index (χ1v) is 12.5. The van der Waals surface area contributed by atoms with Gasteiger partial charge in [-0.1, -0.05) is 40.6 Å². The van der Waals surface area contributed by atoms with Crippen LogP contribution in [-0.4, -0.2) is 34.3 Å². The number of methoxy groups -OCH3 is 1. The number of esters is 1. The Hall–Kier alpha value is -3.83. The van der Waals surface area contributed by atoms with E-state index in [-0.39, 0.29) is 15.5 Å². The summed E-state index contributed by atoms with van der Waals surface area (Å²) in [5.41, 5.74) is 1.26. The van der Waals surface area contributed by atoms with Gasteiger partial charge in [0.1, 0.15) is 10.6 Å². The lowest BCUT2D eigenvalue weighted by atomic mass is 10.2. The molecule has 0 saturated heterocycles. The SMILES string of the molecule is CCCc1cc(=O)n2c(C(=O)Nc3ccc(Br)cc3)c(C(=O)Nc3ccc(C(=O)OC)cc3)sc2n1. The summed E-state index contributed by atoms with van der Waals surface area (Å²) >= 11 is 4.30. The molecular weight excluding hydrogens is 548 g/mol. The number of anilines is 2. The lowest BCUT2D eigenvalue weighted by Crippen LogP contribution is -2.25. The van der Waals surface area contributed by atoms with Crippen LogP contribution in [0.3, 0.4) is 0 Å². The van der Waals surface area contributed by atoms with Gasteiger partial charge in [0.25, 0.3) is 17.4 Å². The second-order valence-electron chi connectivity index (χ2n) is 7.72. The van der Waals surface area contributed by atoms with Gasteiger partial charge in [0.05, 0.1) is 12.7 Å². The van der Waals surface area contributed by atoms with Crippen molar-refractivity contribution in [1.82, 2.24) is 9.38 Å². The Morgan fingerprint density at radius 3 is 2.22 bits per heavy atom. The smallest absolute Gasteiger partial charge is 0.337 e. The predicted molar refractivity (Wildman–Crippen MR) is 141 cm³/mol. The maximum atomic E-state index is 13.3. The zero-order chi connectivity index (χ0) is 25.8. The van der Waals surface area contributed by atoms with Crippen molar-refractivity contribution in [2.75, 3.05) is 17.7 Å². The van der Waals surface area contributed by atoms with Gasteiger partial charge < -0.3 is 15.4 Å². The molecule has 11 heteroatoms. The van der Waals surface area contributed by atoms with Crippen LogP contribution in [0.4, 0.5) is 11.4 Å². The number of nitrogens with one attached hydrogen (secondary N) is 2. The first-order chi connectivity index (χ1) is 17.3. The summed E-state index contributed by atoms with van der Waals surface area (Å²) in [7, 11) is 1.28. The number of fused-ring (bicyclic) bond motifs is 1. The first kappa shape index (κ1) is 25.3. The van der Waals surface area contributed by atoms with E-state index in [0.717, 1.165) is 26.6 Å². The summed E-state index contributed by atoms with van der Waals surface area (Å²) in [4.78, 5) is 56.0. The number of hydrogen-bond acceptors (Lipinski definition) is 7. The highest BCUT2D eigenvalue weighted by molar-refractivity contribution is 9.10. The van der Waals surface area contributed by atoms with E-state index in [1.54, 1.807) is 36.4 Å². The number of nitrogens with zero attached hydrogens (tertiary/aromatic N) is 2. The molecule has 0 radical (unpaired) electrons. The molecule has 36 heavy (non-hydrogen) atoms. The van der Waals surface area contributed by atoms with Crippen LogP contribution in [0.1, 0.15) is 49.6 Å². The molecule has 2 amide bonds. The average Bonchev–Trinajstić information content (AvgIpc) is 3.26. The number of halogens is 1. The molecule has 0 aliphatic heterocycles. The maximum absolute atomic E-state index is 13.3. The standard InChI is InChI=1S/C25H21BrN4O5S/c1-3-4-18-13-19(31)30-20(22(32)27-17-11-7-15(26)8-12-17)21(36-25(30)29-18)23(33)28-16-9-5-14(6-10-16)24(34)35-2/h5-13H,3-4H2,1-2H3,(H,27,32)(H,28,33). The molecule has 4 rings (SSSR count). The molecular formula is C25H21BrN4O5S. The summed E-state index contributed by atoms with van der Waals surface area (Å²) in [6.45, 7) is 1.97. The van der Waals surface area contributed by atoms with Gasteiger partial charge in [-0.3, -0.25) is 14.4 Å². The van der Waals surface area contributed by atoms with Crippen LogP contribution >= 0.6 is 27.3 Å². The number of carbonyl (C=O) groups is 3. The van der Waals surface area contributed by atoms with Crippen molar-refractivity contribution in [1.29, 1.82) is 0 Å². The van der Waals surface area contributed by atoms with Crippen LogP contribution in [0.25, 0.3) is 4.96 Å². The van der Waals surface area contributed by atoms with E-state index in [0.29, 0.717) is 29.1 Å². The summed E-state index contributed by atoms with van der Waals surface area (Å²) < 4.78 is 6.68. The van der Waals surface area contributed by atoms with Crippen LogP contribution in [-0.2, 0) is 11.2 Å². The minimum absolute atomic E-state index is 0.0277. The van der Waals surface area contributed by atoms with E-state index in [1.165, 1.54) is 25.3 Å². The van der Waals surface area contributed by atoms with Crippen LogP contribution in [0.5, 0.6) is 0 Å². The molecule has 4 aromatic rings. The van der Waals surface area contributed by atoms with E-state index >= 15 is 0 Å². The largest absolute Gasteiger partial charge is 0.465 e. The molecule has 0 fully saturated rings. The molecule has 2 aromatic heterocycles. The zero-order valence-corrected chi connectivity index (χ0v) is 21.7. The number of rotatable bonds is 7. The molecule has 0 aliphatic rings. The highest BCUT2D eigenvalue weighted by Crippen LogP contribution is 2.25. The van der Waals surface area contributed by atoms with Crippen molar-refractivity contribution in [3.63, 3.8) is 0 Å². The molecule has 0 unspecified atom stereocenters. The summed E-state index contributed by atoms with van der Waals surface area (Å²) in [6.07, 6.45) is 1.39. The summed E-state index contributed by atoms with van der Waals surface area (Å²) in [6, 6.07) is 14.4. The van der Waals surface area contributed by atoms with E-state index in [1.807, 2.05) is 6.92 Å². The Bertz CT molecular complexity index is 1510. The number of ether oxygens (including phenoxy) is 1.